The summed E-state index contributed by atoms with van der Waals surface area (Å²) in [7, 11) is 0. The molecule has 0 radical (unpaired) electrons. The minimum atomic E-state index is -0.981. The number of halogens is 1. The summed E-state index contributed by atoms with van der Waals surface area (Å²) in [6.45, 7) is 1.15. The smallest absolute Gasteiger partial charge is 0.323 e. The zero-order chi connectivity index (χ0) is 13.1. The summed E-state index contributed by atoms with van der Waals surface area (Å²) in [5.41, 5.74) is 0.378. The van der Waals surface area contributed by atoms with Crippen LogP contribution in [0.1, 0.15) is 5.56 Å². The minimum absolute atomic E-state index is 0.0352. The molecule has 0 aliphatic carbocycles. The van der Waals surface area contributed by atoms with E-state index in [1.807, 2.05) is 0 Å². The van der Waals surface area contributed by atoms with Gasteiger partial charge in [0.1, 0.15) is 17.6 Å². The van der Waals surface area contributed by atoms with E-state index in [0.717, 1.165) is 6.07 Å². The molecule has 0 bridgehead atoms. The molecule has 1 saturated heterocycles. The first-order chi connectivity index (χ1) is 8.58. The molecule has 1 unspecified atom stereocenters. The number of hydrogen-bond donors (Lipinski definition) is 2. The Hall–Kier alpha value is -1.66. The second-order valence-corrected chi connectivity index (χ2v) is 4.17. The molecule has 1 heterocycles. The summed E-state index contributed by atoms with van der Waals surface area (Å²) in [6.07, 6.45) is 0. The molecule has 1 aromatic carbocycles. The average Bonchev–Trinajstić information content (AvgIpc) is 2.34. The summed E-state index contributed by atoms with van der Waals surface area (Å²) >= 11 is 0. The topological polar surface area (TPSA) is 70.0 Å². The molecule has 0 spiro atoms. The number of phenolic OH excluding ortho intramolecular Hbond substituents is 1. The maximum Gasteiger partial charge on any atom is 0.323 e. The first-order valence-corrected chi connectivity index (χ1v) is 5.60. The number of nitrogens with zero attached hydrogens (tertiary/aromatic N) is 1. The van der Waals surface area contributed by atoms with Gasteiger partial charge in [0.25, 0.3) is 0 Å². The lowest BCUT2D eigenvalue weighted by Crippen LogP contribution is -2.49. The van der Waals surface area contributed by atoms with Gasteiger partial charge in [0, 0.05) is 18.7 Å². The van der Waals surface area contributed by atoms with Gasteiger partial charge in [0.15, 0.2) is 0 Å². The highest BCUT2D eigenvalue weighted by Crippen LogP contribution is 2.21. The fraction of sp³-hybridized carbons (Fsp3) is 0.417. The summed E-state index contributed by atoms with van der Waals surface area (Å²) < 4.78 is 18.2. The third-order valence-electron chi connectivity index (χ3n) is 2.94. The van der Waals surface area contributed by atoms with Crippen LogP contribution in [0.2, 0.25) is 0 Å². The minimum Gasteiger partial charge on any atom is -0.508 e. The van der Waals surface area contributed by atoms with E-state index in [1.165, 1.54) is 12.1 Å². The molecule has 1 aliphatic rings. The second-order valence-electron chi connectivity index (χ2n) is 4.17. The van der Waals surface area contributed by atoms with Gasteiger partial charge in [0.2, 0.25) is 0 Å². The van der Waals surface area contributed by atoms with Gasteiger partial charge in [-0.2, -0.15) is 0 Å². The molecule has 2 rings (SSSR count). The van der Waals surface area contributed by atoms with Gasteiger partial charge in [-0.15, -0.1) is 0 Å². The van der Waals surface area contributed by atoms with Crippen molar-refractivity contribution in [1.82, 2.24) is 4.90 Å². The van der Waals surface area contributed by atoms with Crippen LogP contribution in [-0.4, -0.2) is 46.9 Å². The predicted octanol–water partition coefficient (Wildman–Crippen LogP) is 0.817. The summed E-state index contributed by atoms with van der Waals surface area (Å²) in [4.78, 5) is 12.7. The van der Waals surface area contributed by atoms with Crippen LogP contribution < -0.4 is 0 Å². The average molecular weight is 255 g/mol. The first kappa shape index (κ1) is 12.8. The molecule has 1 fully saturated rings. The number of hydrogen-bond acceptors (Lipinski definition) is 4. The Morgan fingerprint density at radius 1 is 1.56 bits per heavy atom. The number of benzene rings is 1. The third-order valence-corrected chi connectivity index (χ3v) is 2.94. The predicted molar refractivity (Wildman–Crippen MR) is 60.7 cm³/mol. The van der Waals surface area contributed by atoms with Crippen molar-refractivity contribution >= 4 is 5.97 Å². The molecule has 0 amide bonds. The Labute approximate surface area is 103 Å². The summed E-state index contributed by atoms with van der Waals surface area (Å²) in [6, 6.07) is 2.87. The number of morpholine rings is 1. The van der Waals surface area contributed by atoms with Gasteiger partial charge in [-0.25, -0.2) is 4.39 Å². The third kappa shape index (κ3) is 2.77. The largest absolute Gasteiger partial charge is 0.508 e. The van der Waals surface area contributed by atoms with Crippen LogP contribution >= 0.6 is 0 Å². The highest BCUT2D eigenvalue weighted by molar-refractivity contribution is 5.73. The van der Waals surface area contributed by atoms with Gasteiger partial charge in [0.05, 0.1) is 13.2 Å². The van der Waals surface area contributed by atoms with Crippen molar-refractivity contribution in [2.45, 2.75) is 12.6 Å². The molecule has 0 aromatic heterocycles. The van der Waals surface area contributed by atoms with Crippen molar-refractivity contribution in [1.29, 1.82) is 0 Å². The number of aromatic hydroxyl groups is 1. The fourth-order valence-electron chi connectivity index (χ4n) is 1.95. The van der Waals surface area contributed by atoms with E-state index in [1.54, 1.807) is 4.90 Å². The number of rotatable bonds is 3. The Morgan fingerprint density at radius 2 is 2.33 bits per heavy atom. The summed E-state index contributed by atoms with van der Waals surface area (Å²) in [5.74, 6) is -1.47. The molecule has 98 valence electrons. The lowest BCUT2D eigenvalue weighted by Gasteiger charge is -2.32. The van der Waals surface area contributed by atoms with Crippen molar-refractivity contribution < 1.29 is 24.1 Å². The van der Waals surface area contributed by atoms with Crippen LogP contribution in [-0.2, 0) is 16.1 Å². The maximum atomic E-state index is 13.1. The number of carboxylic acids is 1. The Kier molecular flexibility index (Phi) is 3.78. The molecule has 5 nitrogen and oxygen atoms in total. The van der Waals surface area contributed by atoms with Crippen LogP contribution in [0.5, 0.6) is 5.75 Å². The number of ether oxygens (including phenoxy) is 1. The van der Waals surface area contributed by atoms with E-state index in [2.05, 4.69) is 0 Å². The van der Waals surface area contributed by atoms with Crippen LogP contribution in [0.4, 0.5) is 4.39 Å². The Balaban J connectivity index is 2.15. The van der Waals surface area contributed by atoms with Crippen LogP contribution in [0, 0.1) is 5.82 Å². The lowest BCUT2D eigenvalue weighted by atomic mass is 10.1. The molecular formula is C12H14FNO4. The van der Waals surface area contributed by atoms with E-state index in [4.69, 9.17) is 9.84 Å². The Morgan fingerprint density at radius 3 is 3.06 bits per heavy atom. The van der Waals surface area contributed by atoms with Crippen LogP contribution in [0.25, 0.3) is 0 Å². The molecule has 0 saturated carbocycles. The molecule has 2 N–H and O–H groups in total. The van der Waals surface area contributed by atoms with Gasteiger partial charge in [-0.3, -0.25) is 9.69 Å². The van der Waals surface area contributed by atoms with Crippen molar-refractivity contribution in [2.24, 2.45) is 0 Å². The lowest BCUT2D eigenvalue weighted by molar-refractivity contribution is -0.150. The summed E-state index contributed by atoms with van der Waals surface area (Å²) in [5, 5.41) is 18.7. The molecular weight excluding hydrogens is 241 g/mol. The van der Waals surface area contributed by atoms with Crippen molar-refractivity contribution in [3.8, 4) is 5.75 Å². The van der Waals surface area contributed by atoms with E-state index >= 15 is 0 Å². The van der Waals surface area contributed by atoms with E-state index < -0.39 is 17.8 Å². The van der Waals surface area contributed by atoms with Gasteiger partial charge in [-0.1, -0.05) is 0 Å². The molecule has 1 aliphatic heterocycles. The SMILES string of the molecule is O=C(O)C1COCCN1Cc1cc(F)ccc1O. The van der Waals surface area contributed by atoms with E-state index in [0.29, 0.717) is 18.7 Å². The quantitative estimate of drug-likeness (QED) is 0.836. The van der Waals surface area contributed by atoms with Crippen LogP contribution in [0.15, 0.2) is 18.2 Å². The number of phenols is 1. The second kappa shape index (κ2) is 5.32. The fourth-order valence-corrected chi connectivity index (χ4v) is 1.95. The number of carbonyl (C=O) groups is 1. The van der Waals surface area contributed by atoms with Crippen molar-refractivity contribution in [2.75, 3.05) is 19.8 Å². The Bertz CT molecular complexity index is 452. The number of aliphatic carboxylic acids is 1. The zero-order valence-electron chi connectivity index (χ0n) is 9.67. The number of carboxylic acid groups (broad SMARTS) is 1. The van der Waals surface area contributed by atoms with Gasteiger partial charge < -0.3 is 14.9 Å². The molecule has 1 atom stereocenters. The van der Waals surface area contributed by atoms with Crippen molar-refractivity contribution in [3.63, 3.8) is 0 Å². The van der Waals surface area contributed by atoms with Crippen LogP contribution in [0.3, 0.4) is 0 Å². The normalized spacial score (nSPS) is 20.8. The molecule has 1 aromatic rings. The highest BCUT2D eigenvalue weighted by atomic mass is 19.1. The van der Waals surface area contributed by atoms with Gasteiger partial charge in [-0.05, 0) is 18.2 Å². The van der Waals surface area contributed by atoms with E-state index in [9.17, 15) is 14.3 Å². The maximum absolute atomic E-state index is 13.1. The van der Waals surface area contributed by atoms with Crippen molar-refractivity contribution in [3.05, 3.63) is 29.6 Å². The standard InChI is InChI=1S/C12H14FNO4/c13-9-1-2-11(15)8(5-9)6-14-3-4-18-7-10(14)12(16)17/h1-2,5,10,15H,3-4,6-7H2,(H,16,17). The monoisotopic (exact) mass is 255 g/mol. The zero-order valence-corrected chi connectivity index (χ0v) is 9.67. The van der Waals surface area contributed by atoms with Gasteiger partial charge >= 0.3 is 5.97 Å². The highest BCUT2D eigenvalue weighted by Gasteiger charge is 2.29. The molecule has 6 heteroatoms. The molecule has 18 heavy (non-hydrogen) atoms. The first-order valence-electron chi connectivity index (χ1n) is 5.60. The van der Waals surface area contributed by atoms with E-state index in [-0.39, 0.29) is 18.9 Å².